The summed E-state index contributed by atoms with van der Waals surface area (Å²) in [7, 11) is -0.604. The molecule has 0 aromatic heterocycles. The molecule has 0 aliphatic heterocycles. The van der Waals surface area contributed by atoms with Crippen LogP contribution in [0.5, 0.6) is 0 Å². The van der Waals surface area contributed by atoms with Crippen LogP contribution in [0.2, 0.25) is 0 Å². The Balaban J connectivity index is -0.00000000300. The zero-order chi connectivity index (χ0) is 3.58. The van der Waals surface area contributed by atoms with Crippen LogP contribution in [0, 0.1) is 0 Å². The molecule has 10 heavy (non-hydrogen) atoms. The summed E-state index contributed by atoms with van der Waals surface area (Å²) in [6.07, 6.45) is 0. The van der Waals surface area contributed by atoms with Crippen molar-refractivity contribution in [2.45, 2.75) is 0 Å². The predicted octanol–water partition coefficient (Wildman–Crippen LogP) is -2.41. The van der Waals surface area contributed by atoms with E-state index in [9.17, 15) is 0 Å². The van der Waals surface area contributed by atoms with Gasteiger partial charge in [0.1, 0.15) is 0 Å². The van der Waals surface area contributed by atoms with E-state index in [0.29, 0.717) is 0 Å². The normalized spacial score (nSPS) is 3.60. The molecule has 0 heterocycles. The van der Waals surface area contributed by atoms with Gasteiger partial charge in [0, 0.05) is 0 Å². The van der Waals surface area contributed by atoms with E-state index in [0.717, 1.165) is 0 Å². The predicted molar refractivity (Wildman–Crippen MR) is 48.5 cm³/mol. The van der Waals surface area contributed by atoms with E-state index in [1.54, 1.807) is 0 Å². The van der Waals surface area contributed by atoms with E-state index in [1.165, 1.54) is 0 Å². The van der Waals surface area contributed by atoms with E-state index in [1.807, 2.05) is 0 Å². The van der Waals surface area contributed by atoms with Gasteiger partial charge in [-0.25, -0.2) is 0 Å². The van der Waals surface area contributed by atoms with Crippen molar-refractivity contribution in [2.24, 2.45) is 0 Å². The van der Waals surface area contributed by atoms with E-state index in [-0.39, 0.29) is 32.9 Å². The molecule has 0 aliphatic rings. The van der Waals surface area contributed by atoms with Gasteiger partial charge in [-0.2, -0.15) is 0 Å². The SMILES string of the molecule is O.O.O.O.O.O.[Br][Cr]([Br])[Br]. The first kappa shape index (κ1) is 60.3. The zero-order valence-corrected chi connectivity index (χ0v) is 10.6. The van der Waals surface area contributed by atoms with Crippen LogP contribution in [0.15, 0.2) is 0 Å². The molecule has 12 N–H and O–H groups in total. The van der Waals surface area contributed by atoms with Crippen molar-refractivity contribution >= 4 is 42.2 Å². The molecule has 0 amide bonds. The third-order valence-electron chi connectivity index (χ3n) is 0. The molecule has 0 bridgehead atoms. The molecule has 0 atom stereocenters. The molecule has 0 fully saturated rings. The van der Waals surface area contributed by atoms with Crippen molar-refractivity contribution in [3.05, 3.63) is 0 Å². The summed E-state index contributed by atoms with van der Waals surface area (Å²) in [5.41, 5.74) is 0. The van der Waals surface area contributed by atoms with Crippen molar-refractivity contribution in [3.63, 3.8) is 0 Å². The van der Waals surface area contributed by atoms with Gasteiger partial charge in [-0.1, -0.05) is 0 Å². The third-order valence-corrected chi connectivity index (χ3v) is 0. The van der Waals surface area contributed by atoms with Crippen LogP contribution in [0.4, 0.5) is 0 Å². The van der Waals surface area contributed by atoms with Crippen LogP contribution in [0.25, 0.3) is 0 Å². The number of hydrogen-bond donors (Lipinski definition) is 0. The van der Waals surface area contributed by atoms with E-state index in [2.05, 4.69) is 42.2 Å². The Hall–Kier alpha value is 1.73. The summed E-state index contributed by atoms with van der Waals surface area (Å²) < 4.78 is 0. The number of halogens is 3. The van der Waals surface area contributed by atoms with Crippen LogP contribution in [0.1, 0.15) is 0 Å². The van der Waals surface area contributed by atoms with Crippen molar-refractivity contribution in [2.75, 3.05) is 0 Å². The summed E-state index contributed by atoms with van der Waals surface area (Å²) in [5, 5.41) is 0. The summed E-state index contributed by atoms with van der Waals surface area (Å²) in [6, 6.07) is 0. The fourth-order valence-electron chi connectivity index (χ4n) is 0. The second-order valence-electron chi connectivity index (χ2n) is 0.175. The molecular weight excluding hydrogens is 388 g/mol. The van der Waals surface area contributed by atoms with E-state index in [4.69, 9.17) is 0 Å². The Morgan fingerprint density at radius 2 is 0.500 bits per heavy atom. The van der Waals surface area contributed by atoms with Gasteiger partial charge < -0.3 is 32.9 Å². The Kier molecular flexibility index (Phi) is 274. The van der Waals surface area contributed by atoms with Crippen molar-refractivity contribution in [1.82, 2.24) is 0 Å². The molecule has 0 aromatic carbocycles. The molecule has 0 aromatic rings. The fraction of sp³-hybridized carbons (Fsp3) is 0. The standard InChI is InChI=1S/3BrH.Cr.6H2O/h3*1H;;6*1H2/q;;;+3;;;;;;/p-3. The maximum atomic E-state index is 3.23. The molecule has 0 unspecified atom stereocenters. The molecule has 0 aliphatic carbocycles. The second kappa shape index (κ2) is 45.4. The molecule has 10 heteroatoms. The van der Waals surface area contributed by atoms with Crippen molar-refractivity contribution < 1.29 is 41.5 Å². The quantitative estimate of drug-likeness (QED) is 0.419. The first-order chi connectivity index (χ1) is 1.73. The van der Waals surface area contributed by atoms with Crippen LogP contribution >= 0.6 is 42.2 Å². The molecule has 0 spiro atoms. The zero-order valence-electron chi connectivity index (χ0n) is 4.54. The van der Waals surface area contributed by atoms with Gasteiger partial charge in [0.05, 0.1) is 0 Å². The fourth-order valence-corrected chi connectivity index (χ4v) is 0. The monoisotopic (exact) mass is 397 g/mol. The summed E-state index contributed by atoms with van der Waals surface area (Å²) >= 11 is 9.69. The molecule has 0 saturated carbocycles. The Morgan fingerprint density at radius 3 is 0.500 bits per heavy atom. The van der Waals surface area contributed by atoms with Gasteiger partial charge >= 0.3 is 50.8 Å². The molecule has 0 saturated heterocycles. The topological polar surface area (TPSA) is 189 Å². The first-order valence-corrected chi connectivity index (χ1v) is 9.92. The van der Waals surface area contributed by atoms with Gasteiger partial charge in [-0.05, 0) is 0 Å². The van der Waals surface area contributed by atoms with Gasteiger partial charge in [0.2, 0.25) is 0 Å². The Labute approximate surface area is 83.2 Å². The van der Waals surface area contributed by atoms with Crippen LogP contribution in [0.3, 0.4) is 0 Å². The van der Waals surface area contributed by atoms with Crippen molar-refractivity contribution in [1.29, 1.82) is 0 Å². The van der Waals surface area contributed by atoms with Gasteiger partial charge in [0.15, 0.2) is 0 Å². The van der Waals surface area contributed by atoms with Gasteiger partial charge in [-0.15, -0.1) is 0 Å². The molecule has 75 valence electrons. The minimum absolute atomic E-state index is 0. The summed E-state index contributed by atoms with van der Waals surface area (Å²) in [6.45, 7) is 0. The molecule has 0 radical (unpaired) electrons. The van der Waals surface area contributed by atoms with E-state index >= 15 is 0 Å². The third kappa shape index (κ3) is 247. The van der Waals surface area contributed by atoms with Gasteiger partial charge in [0.25, 0.3) is 0 Å². The van der Waals surface area contributed by atoms with Crippen LogP contribution in [-0.4, -0.2) is 32.9 Å². The summed E-state index contributed by atoms with van der Waals surface area (Å²) in [5.74, 6) is 0. The molecular formula is H12Br3CrO6. The Bertz CT molecular complexity index is 17.7. The first-order valence-electron chi connectivity index (χ1n) is 0.463. The molecule has 0 rings (SSSR count). The summed E-state index contributed by atoms with van der Waals surface area (Å²) in [4.78, 5) is 0. The second-order valence-corrected chi connectivity index (χ2v) is 19.5. The number of rotatable bonds is 0. The van der Waals surface area contributed by atoms with Crippen LogP contribution < -0.4 is 0 Å². The minimum atomic E-state index is -0.604. The molecule has 6 nitrogen and oxygen atoms in total. The average Bonchev–Trinajstić information content (AvgIpc) is 0.811. The van der Waals surface area contributed by atoms with Gasteiger partial charge in [-0.3, -0.25) is 0 Å². The average molecular weight is 400 g/mol. The maximum absolute atomic E-state index is 3.23. The number of hydrogen-bond acceptors (Lipinski definition) is 0. The van der Waals surface area contributed by atoms with E-state index < -0.39 is 8.67 Å². The Morgan fingerprint density at radius 1 is 0.500 bits per heavy atom. The van der Waals surface area contributed by atoms with Crippen LogP contribution in [-0.2, 0) is 8.67 Å². The van der Waals surface area contributed by atoms with Crippen molar-refractivity contribution in [3.8, 4) is 0 Å².